The average Bonchev–Trinajstić information content (AvgIpc) is 2.32. The van der Waals surface area contributed by atoms with Crippen LogP contribution in [0.5, 0.6) is 0 Å². The van der Waals surface area contributed by atoms with Crippen molar-refractivity contribution >= 4 is 17.7 Å². The van der Waals surface area contributed by atoms with Crippen LogP contribution in [0.3, 0.4) is 0 Å². The molecule has 1 aromatic carbocycles. The third kappa shape index (κ3) is 4.27. The number of rotatable bonds is 4. The van der Waals surface area contributed by atoms with Crippen molar-refractivity contribution in [2.24, 2.45) is 0 Å². The Balaban J connectivity index is 2.62. The summed E-state index contributed by atoms with van der Waals surface area (Å²) in [6.45, 7) is 5.95. The molecule has 0 aliphatic heterocycles. The first-order chi connectivity index (χ1) is 8.04. The number of esters is 1. The lowest BCUT2D eigenvalue weighted by Gasteiger charge is -2.05. The number of carbonyl (C=O) groups excluding carboxylic acids is 1. The number of ether oxygens (including phenoxy) is 1. The summed E-state index contributed by atoms with van der Waals surface area (Å²) in [7, 11) is 1.40. The van der Waals surface area contributed by atoms with Gasteiger partial charge in [0, 0.05) is 16.2 Å². The van der Waals surface area contributed by atoms with Gasteiger partial charge in [-0.25, -0.2) is 4.79 Å². The maximum Gasteiger partial charge on any atom is 0.333 e. The molecular weight excluding hydrogens is 232 g/mol. The first kappa shape index (κ1) is 13.8. The number of aryl methyl sites for hydroxylation is 2. The van der Waals surface area contributed by atoms with Crippen molar-refractivity contribution in [3.8, 4) is 0 Å². The van der Waals surface area contributed by atoms with Crippen molar-refractivity contribution < 1.29 is 9.53 Å². The molecule has 0 saturated heterocycles. The zero-order valence-electron chi connectivity index (χ0n) is 10.7. The SMILES string of the molecule is COC(=O)C(C)=CCSc1cc(C)ccc1C. The Bertz CT molecular complexity index is 436. The van der Waals surface area contributed by atoms with Crippen LogP contribution in [0, 0.1) is 13.8 Å². The van der Waals surface area contributed by atoms with Crippen LogP contribution in [-0.2, 0) is 9.53 Å². The van der Waals surface area contributed by atoms with E-state index < -0.39 is 0 Å². The molecule has 0 heterocycles. The highest BCUT2D eigenvalue weighted by atomic mass is 32.2. The Morgan fingerprint density at radius 2 is 2.12 bits per heavy atom. The fourth-order valence-corrected chi connectivity index (χ4v) is 2.44. The zero-order valence-corrected chi connectivity index (χ0v) is 11.6. The van der Waals surface area contributed by atoms with Crippen molar-refractivity contribution in [1.82, 2.24) is 0 Å². The lowest BCUT2D eigenvalue weighted by Crippen LogP contribution is -2.01. The maximum atomic E-state index is 11.2. The molecule has 3 heteroatoms. The standard InChI is InChI=1S/C14H18O2S/c1-10-5-6-11(2)13(9-10)17-8-7-12(3)14(15)16-4/h5-7,9H,8H2,1-4H3. The molecule has 17 heavy (non-hydrogen) atoms. The van der Waals surface area contributed by atoms with E-state index in [0.717, 1.165) is 5.75 Å². The quantitative estimate of drug-likeness (QED) is 0.464. The monoisotopic (exact) mass is 250 g/mol. The predicted octanol–water partition coefficient (Wildman–Crippen LogP) is 3.51. The summed E-state index contributed by atoms with van der Waals surface area (Å²) in [6.07, 6.45) is 1.90. The second-order valence-electron chi connectivity index (χ2n) is 3.96. The van der Waals surface area contributed by atoms with E-state index in [1.54, 1.807) is 18.7 Å². The first-order valence-electron chi connectivity index (χ1n) is 5.49. The number of hydrogen-bond donors (Lipinski definition) is 0. The highest BCUT2D eigenvalue weighted by Crippen LogP contribution is 2.23. The van der Waals surface area contributed by atoms with E-state index in [9.17, 15) is 4.79 Å². The van der Waals surface area contributed by atoms with Crippen molar-refractivity contribution in [3.05, 3.63) is 41.0 Å². The van der Waals surface area contributed by atoms with E-state index in [-0.39, 0.29) is 5.97 Å². The molecule has 0 fully saturated rings. The maximum absolute atomic E-state index is 11.2. The smallest absolute Gasteiger partial charge is 0.333 e. The third-order valence-electron chi connectivity index (χ3n) is 2.48. The highest BCUT2D eigenvalue weighted by molar-refractivity contribution is 7.99. The Hall–Kier alpha value is -1.22. The first-order valence-corrected chi connectivity index (χ1v) is 6.48. The van der Waals surface area contributed by atoms with Gasteiger partial charge in [-0.3, -0.25) is 0 Å². The molecule has 0 aliphatic carbocycles. The van der Waals surface area contributed by atoms with Crippen LogP contribution in [-0.4, -0.2) is 18.8 Å². The molecule has 0 bridgehead atoms. The van der Waals surface area contributed by atoms with Gasteiger partial charge in [-0.2, -0.15) is 0 Å². The van der Waals surface area contributed by atoms with Gasteiger partial charge in [-0.1, -0.05) is 23.8 Å². The molecule has 92 valence electrons. The minimum absolute atomic E-state index is 0.258. The fourth-order valence-electron chi connectivity index (χ4n) is 1.36. The molecule has 0 aliphatic rings. The van der Waals surface area contributed by atoms with E-state index in [0.29, 0.717) is 5.57 Å². The van der Waals surface area contributed by atoms with Gasteiger partial charge in [0.25, 0.3) is 0 Å². The third-order valence-corrected chi connectivity index (χ3v) is 3.56. The van der Waals surface area contributed by atoms with E-state index in [1.807, 2.05) is 6.08 Å². The van der Waals surface area contributed by atoms with Crippen LogP contribution in [0.25, 0.3) is 0 Å². The largest absolute Gasteiger partial charge is 0.466 e. The molecule has 0 unspecified atom stereocenters. The van der Waals surface area contributed by atoms with Crippen LogP contribution in [0.2, 0.25) is 0 Å². The van der Waals surface area contributed by atoms with Crippen LogP contribution in [0.4, 0.5) is 0 Å². The molecule has 0 radical (unpaired) electrons. The minimum Gasteiger partial charge on any atom is -0.466 e. The normalized spacial score (nSPS) is 11.4. The summed E-state index contributed by atoms with van der Waals surface area (Å²) in [5.41, 5.74) is 3.18. The van der Waals surface area contributed by atoms with Crippen LogP contribution in [0.15, 0.2) is 34.7 Å². The second kappa shape index (κ2) is 6.50. The van der Waals surface area contributed by atoms with Gasteiger partial charge in [0.2, 0.25) is 0 Å². The Morgan fingerprint density at radius 1 is 1.41 bits per heavy atom. The molecule has 1 aromatic rings. The van der Waals surface area contributed by atoms with Crippen LogP contribution < -0.4 is 0 Å². The molecule has 2 nitrogen and oxygen atoms in total. The molecular formula is C14H18O2S. The van der Waals surface area contributed by atoms with E-state index in [1.165, 1.54) is 23.1 Å². The van der Waals surface area contributed by atoms with Gasteiger partial charge < -0.3 is 4.74 Å². The van der Waals surface area contributed by atoms with Crippen LogP contribution >= 0.6 is 11.8 Å². The van der Waals surface area contributed by atoms with Crippen LogP contribution in [0.1, 0.15) is 18.1 Å². The molecule has 0 aromatic heterocycles. The minimum atomic E-state index is -0.258. The lowest BCUT2D eigenvalue weighted by atomic mass is 10.2. The summed E-state index contributed by atoms with van der Waals surface area (Å²) in [5, 5.41) is 0. The molecule has 0 saturated carbocycles. The van der Waals surface area contributed by atoms with E-state index in [4.69, 9.17) is 0 Å². The van der Waals surface area contributed by atoms with Gasteiger partial charge in [-0.15, -0.1) is 11.8 Å². The molecule has 0 spiro atoms. The molecule has 0 N–H and O–H groups in total. The predicted molar refractivity (Wildman–Crippen MR) is 72.4 cm³/mol. The lowest BCUT2D eigenvalue weighted by molar-refractivity contribution is -0.136. The van der Waals surface area contributed by atoms with Gasteiger partial charge >= 0.3 is 5.97 Å². The summed E-state index contributed by atoms with van der Waals surface area (Å²) in [6, 6.07) is 6.39. The molecule has 1 rings (SSSR count). The Kier molecular flexibility index (Phi) is 5.29. The number of thioether (sulfide) groups is 1. The summed E-state index contributed by atoms with van der Waals surface area (Å²) < 4.78 is 4.64. The van der Waals surface area contributed by atoms with Crippen molar-refractivity contribution in [2.75, 3.05) is 12.9 Å². The van der Waals surface area contributed by atoms with E-state index in [2.05, 4.69) is 36.8 Å². The zero-order chi connectivity index (χ0) is 12.8. The second-order valence-corrected chi connectivity index (χ2v) is 5.02. The number of hydrogen-bond acceptors (Lipinski definition) is 3. The van der Waals surface area contributed by atoms with E-state index >= 15 is 0 Å². The number of benzene rings is 1. The van der Waals surface area contributed by atoms with Crippen molar-refractivity contribution in [1.29, 1.82) is 0 Å². The average molecular weight is 250 g/mol. The Morgan fingerprint density at radius 3 is 2.76 bits per heavy atom. The number of methoxy groups -OCH3 is 1. The highest BCUT2D eigenvalue weighted by Gasteiger charge is 2.03. The summed E-state index contributed by atoms with van der Waals surface area (Å²) in [5.74, 6) is 0.525. The van der Waals surface area contributed by atoms with Gasteiger partial charge in [0.1, 0.15) is 0 Å². The topological polar surface area (TPSA) is 26.3 Å². The summed E-state index contributed by atoms with van der Waals surface area (Å²) >= 11 is 1.73. The van der Waals surface area contributed by atoms with Crippen molar-refractivity contribution in [3.63, 3.8) is 0 Å². The fraction of sp³-hybridized carbons (Fsp3) is 0.357. The Labute approximate surface area is 107 Å². The molecule has 0 amide bonds. The van der Waals surface area contributed by atoms with Gasteiger partial charge in [0.15, 0.2) is 0 Å². The van der Waals surface area contributed by atoms with Gasteiger partial charge in [0.05, 0.1) is 7.11 Å². The summed E-state index contributed by atoms with van der Waals surface area (Å²) in [4.78, 5) is 12.4. The number of carbonyl (C=O) groups is 1. The molecule has 0 atom stereocenters. The van der Waals surface area contributed by atoms with Gasteiger partial charge in [-0.05, 0) is 32.4 Å². The van der Waals surface area contributed by atoms with Crippen molar-refractivity contribution in [2.45, 2.75) is 25.7 Å².